The third-order valence-corrected chi connectivity index (χ3v) is 4.69. The monoisotopic (exact) mass is 337 g/mol. The number of benzene rings is 1. The summed E-state index contributed by atoms with van der Waals surface area (Å²) in [6.45, 7) is 8.09. The molecule has 0 bridgehead atoms. The molecule has 5 nitrogen and oxygen atoms in total. The molecule has 0 aliphatic carbocycles. The Kier molecular flexibility index (Phi) is 4.92. The van der Waals surface area contributed by atoms with Crippen LogP contribution in [-0.4, -0.2) is 35.9 Å². The minimum Gasteiger partial charge on any atom is -0.478 e. The van der Waals surface area contributed by atoms with Crippen molar-refractivity contribution in [1.82, 2.24) is 0 Å². The normalized spacial score (nSPS) is 19.9. The van der Waals surface area contributed by atoms with E-state index in [-0.39, 0.29) is 17.1 Å². The van der Waals surface area contributed by atoms with Gasteiger partial charge < -0.3 is 20.1 Å². The van der Waals surface area contributed by atoms with E-state index in [1.165, 1.54) is 6.07 Å². The van der Waals surface area contributed by atoms with E-state index < -0.39 is 24.3 Å². The van der Waals surface area contributed by atoms with Gasteiger partial charge in [-0.15, -0.1) is 0 Å². The van der Waals surface area contributed by atoms with Gasteiger partial charge in [0.1, 0.15) is 0 Å². The Morgan fingerprint density at radius 2 is 1.87 bits per heavy atom. The summed E-state index contributed by atoms with van der Waals surface area (Å²) in [6, 6.07) is 4.79. The molecular formula is C16H21BClNO4. The van der Waals surface area contributed by atoms with Crippen molar-refractivity contribution >= 4 is 30.8 Å². The lowest BCUT2D eigenvalue weighted by atomic mass is 9.77. The Labute approximate surface area is 141 Å². The summed E-state index contributed by atoms with van der Waals surface area (Å²) in [5, 5.41) is 9.35. The van der Waals surface area contributed by atoms with Crippen LogP contribution in [0.2, 0.25) is 5.02 Å². The topological polar surface area (TPSA) is 81.8 Å². The first-order valence-electron chi connectivity index (χ1n) is 7.36. The molecule has 23 heavy (non-hydrogen) atoms. The predicted octanol–water partition coefficient (Wildman–Crippen LogP) is 3.01. The van der Waals surface area contributed by atoms with Crippen LogP contribution in [0.5, 0.6) is 0 Å². The van der Waals surface area contributed by atoms with Crippen molar-refractivity contribution in [3.63, 3.8) is 0 Å². The van der Waals surface area contributed by atoms with Gasteiger partial charge in [-0.2, -0.15) is 0 Å². The lowest BCUT2D eigenvalue weighted by molar-refractivity contribution is 0.00578. The van der Waals surface area contributed by atoms with Crippen molar-refractivity contribution in [1.29, 1.82) is 0 Å². The molecule has 1 aliphatic heterocycles. The molecule has 0 atom stereocenters. The minimum atomic E-state index is -1.07. The van der Waals surface area contributed by atoms with Gasteiger partial charge in [0.2, 0.25) is 0 Å². The fourth-order valence-corrected chi connectivity index (χ4v) is 2.43. The molecule has 0 radical (unpaired) electrons. The van der Waals surface area contributed by atoms with Crippen molar-refractivity contribution in [3.05, 3.63) is 39.8 Å². The van der Waals surface area contributed by atoms with E-state index in [1.807, 2.05) is 27.7 Å². The standard InChI is InChI=1S/C16H21BClNO4/c1-15(2)16(3,4)23-17(22-15)11(9-19)7-10-5-6-13(18)12(8-10)14(20)21/h5-8H,9,19H2,1-4H3,(H,20,21). The van der Waals surface area contributed by atoms with Crippen LogP contribution in [0, 0.1) is 0 Å². The van der Waals surface area contributed by atoms with Crippen LogP contribution < -0.4 is 5.73 Å². The van der Waals surface area contributed by atoms with Crippen LogP contribution in [-0.2, 0) is 9.31 Å². The summed E-state index contributed by atoms with van der Waals surface area (Å²) >= 11 is 5.89. The highest BCUT2D eigenvalue weighted by molar-refractivity contribution is 6.55. The number of carbonyl (C=O) groups is 1. The first-order valence-corrected chi connectivity index (χ1v) is 7.74. The average Bonchev–Trinajstić information content (AvgIpc) is 2.66. The van der Waals surface area contributed by atoms with Gasteiger partial charge in [-0.25, -0.2) is 4.79 Å². The third-order valence-electron chi connectivity index (χ3n) is 4.36. The highest BCUT2D eigenvalue weighted by Crippen LogP contribution is 2.38. The lowest BCUT2D eigenvalue weighted by Crippen LogP contribution is -2.41. The van der Waals surface area contributed by atoms with E-state index in [9.17, 15) is 4.79 Å². The number of carboxylic acids is 1. The molecule has 3 N–H and O–H groups in total. The number of rotatable bonds is 4. The molecule has 1 saturated heterocycles. The van der Waals surface area contributed by atoms with Crippen molar-refractivity contribution in [2.75, 3.05) is 6.54 Å². The molecule has 1 aromatic rings. The van der Waals surface area contributed by atoms with Gasteiger partial charge in [0, 0.05) is 6.54 Å². The number of carboxylic acid groups (broad SMARTS) is 1. The summed E-state index contributed by atoms with van der Waals surface area (Å²) in [7, 11) is -0.561. The second kappa shape index (κ2) is 6.28. The summed E-state index contributed by atoms with van der Waals surface area (Å²) < 4.78 is 12.0. The summed E-state index contributed by atoms with van der Waals surface area (Å²) in [6.07, 6.45) is 1.78. The summed E-state index contributed by atoms with van der Waals surface area (Å²) in [5.41, 5.74) is 6.38. The van der Waals surface area contributed by atoms with E-state index in [1.54, 1.807) is 18.2 Å². The molecule has 0 spiro atoms. The lowest BCUT2D eigenvalue weighted by Gasteiger charge is -2.32. The zero-order valence-electron chi connectivity index (χ0n) is 13.7. The Balaban J connectivity index is 2.34. The molecular weight excluding hydrogens is 316 g/mol. The quantitative estimate of drug-likeness (QED) is 0.825. The zero-order valence-corrected chi connectivity index (χ0v) is 14.5. The molecule has 1 fully saturated rings. The van der Waals surface area contributed by atoms with Crippen molar-refractivity contribution in [2.45, 2.75) is 38.9 Å². The molecule has 1 aromatic carbocycles. The van der Waals surface area contributed by atoms with E-state index >= 15 is 0 Å². The molecule has 0 aromatic heterocycles. The Bertz CT molecular complexity index is 641. The van der Waals surface area contributed by atoms with E-state index in [0.29, 0.717) is 5.56 Å². The molecule has 2 rings (SSSR count). The molecule has 0 amide bonds. The van der Waals surface area contributed by atoms with Crippen LogP contribution in [0.4, 0.5) is 0 Å². The average molecular weight is 338 g/mol. The highest BCUT2D eigenvalue weighted by Gasteiger charge is 2.52. The van der Waals surface area contributed by atoms with E-state index in [2.05, 4.69) is 0 Å². The van der Waals surface area contributed by atoms with Crippen molar-refractivity contribution < 1.29 is 19.2 Å². The zero-order chi connectivity index (χ0) is 17.4. The number of hydrogen-bond acceptors (Lipinski definition) is 4. The minimum absolute atomic E-state index is 0.0470. The first kappa shape index (κ1) is 18.0. The molecule has 0 saturated carbocycles. The van der Waals surface area contributed by atoms with Crippen LogP contribution in [0.3, 0.4) is 0 Å². The maximum absolute atomic E-state index is 11.2. The van der Waals surface area contributed by atoms with E-state index in [0.717, 1.165) is 5.47 Å². The van der Waals surface area contributed by atoms with Gasteiger partial charge >= 0.3 is 13.1 Å². The third kappa shape index (κ3) is 3.61. The van der Waals surface area contributed by atoms with E-state index in [4.69, 9.17) is 31.7 Å². The smallest absolute Gasteiger partial charge is 0.478 e. The molecule has 124 valence electrons. The fourth-order valence-electron chi connectivity index (χ4n) is 2.23. The van der Waals surface area contributed by atoms with Crippen molar-refractivity contribution in [2.24, 2.45) is 5.73 Å². The number of nitrogens with two attached hydrogens (primary N) is 1. The van der Waals surface area contributed by atoms with Gasteiger partial charge in [-0.1, -0.05) is 23.7 Å². The fraction of sp³-hybridized carbons (Fsp3) is 0.438. The van der Waals surface area contributed by atoms with Gasteiger partial charge in [0.15, 0.2) is 0 Å². The molecule has 1 heterocycles. The van der Waals surface area contributed by atoms with Gasteiger partial charge in [-0.3, -0.25) is 0 Å². The number of hydrogen-bond donors (Lipinski definition) is 2. The van der Waals surface area contributed by atoms with Crippen LogP contribution in [0.25, 0.3) is 6.08 Å². The Morgan fingerprint density at radius 3 is 2.35 bits per heavy atom. The second-order valence-electron chi connectivity index (χ2n) is 6.56. The summed E-state index contributed by atoms with van der Waals surface area (Å²) in [4.78, 5) is 11.2. The second-order valence-corrected chi connectivity index (χ2v) is 6.96. The molecule has 1 aliphatic rings. The Hall–Kier alpha value is -1.34. The molecule has 0 unspecified atom stereocenters. The molecule has 7 heteroatoms. The Morgan fingerprint density at radius 1 is 1.30 bits per heavy atom. The highest BCUT2D eigenvalue weighted by atomic mass is 35.5. The van der Waals surface area contributed by atoms with Crippen LogP contribution in [0.1, 0.15) is 43.6 Å². The maximum Gasteiger partial charge on any atom is 0.491 e. The number of halogens is 1. The van der Waals surface area contributed by atoms with Gasteiger partial charge in [0.05, 0.1) is 21.8 Å². The number of aromatic carboxylic acids is 1. The summed E-state index contributed by atoms with van der Waals surface area (Å²) in [5.74, 6) is -1.07. The van der Waals surface area contributed by atoms with Gasteiger partial charge in [0.25, 0.3) is 0 Å². The van der Waals surface area contributed by atoms with Crippen LogP contribution >= 0.6 is 11.6 Å². The predicted molar refractivity (Wildman–Crippen MR) is 91.5 cm³/mol. The SMILES string of the molecule is CC1(C)OB(C(=Cc2ccc(Cl)c(C(=O)O)c2)CN)OC1(C)C. The largest absolute Gasteiger partial charge is 0.491 e. The van der Waals surface area contributed by atoms with Gasteiger partial charge in [-0.05, 0) is 50.9 Å². The maximum atomic E-state index is 11.2. The first-order chi connectivity index (χ1) is 10.6. The van der Waals surface area contributed by atoms with Crippen molar-refractivity contribution in [3.8, 4) is 0 Å². The van der Waals surface area contributed by atoms with Crippen LogP contribution in [0.15, 0.2) is 23.7 Å².